The van der Waals surface area contributed by atoms with Gasteiger partial charge >= 0.3 is 0 Å². The lowest BCUT2D eigenvalue weighted by Gasteiger charge is -2.19. The molecule has 5 heteroatoms. The van der Waals surface area contributed by atoms with Crippen LogP contribution in [-0.2, 0) is 11.3 Å². The van der Waals surface area contributed by atoms with Gasteiger partial charge in [-0.25, -0.2) is 9.37 Å². The van der Waals surface area contributed by atoms with Gasteiger partial charge in [0.15, 0.2) is 0 Å². The minimum atomic E-state index is -0.231. The van der Waals surface area contributed by atoms with E-state index in [1.165, 1.54) is 6.07 Å². The molecule has 0 spiro atoms. The van der Waals surface area contributed by atoms with E-state index in [0.717, 1.165) is 28.1 Å². The molecule has 150 valence electrons. The molecule has 0 aliphatic carbocycles. The predicted octanol–water partition coefficient (Wildman–Crippen LogP) is 5.05. The largest absolute Gasteiger partial charge is 0.323 e. The van der Waals surface area contributed by atoms with Crippen LogP contribution in [-0.4, -0.2) is 22.0 Å². The van der Waals surface area contributed by atoms with Gasteiger partial charge < -0.3 is 9.47 Å². The second kappa shape index (κ2) is 7.41. The molecule has 1 fully saturated rings. The third-order valence-corrected chi connectivity index (χ3v) is 5.87. The average molecular weight is 399 g/mol. The first-order valence-corrected chi connectivity index (χ1v) is 10.2. The molecule has 1 atom stereocenters. The van der Waals surface area contributed by atoms with Gasteiger partial charge in [0.2, 0.25) is 5.91 Å². The Labute approximate surface area is 174 Å². The van der Waals surface area contributed by atoms with Crippen molar-refractivity contribution in [2.24, 2.45) is 0 Å². The van der Waals surface area contributed by atoms with Crippen LogP contribution in [0.3, 0.4) is 0 Å². The number of carbonyl (C=O) groups is 1. The van der Waals surface area contributed by atoms with Crippen molar-refractivity contribution in [2.75, 3.05) is 11.4 Å². The zero-order valence-electron chi connectivity index (χ0n) is 16.8. The number of benzene rings is 3. The van der Waals surface area contributed by atoms with E-state index in [-0.39, 0.29) is 17.6 Å². The number of fused-ring (bicyclic) bond motifs is 1. The van der Waals surface area contributed by atoms with Crippen LogP contribution in [0.25, 0.3) is 11.0 Å². The number of anilines is 1. The Kier molecular flexibility index (Phi) is 4.58. The van der Waals surface area contributed by atoms with E-state index in [1.54, 1.807) is 12.1 Å². The average Bonchev–Trinajstić information content (AvgIpc) is 3.31. The number of para-hydroxylation sites is 3. The van der Waals surface area contributed by atoms with Crippen LogP contribution in [0.4, 0.5) is 10.1 Å². The van der Waals surface area contributed by atoms with Crippen molar-refractivity contribution < 1.29 is 9.18 Å². The number of aryl methyl sites for hydroxylation is 1. The highest BCUT2D eigenvalue weighted by atomic mass is 19.1. The van der Waals surface area contributed by atoms with Gasteiger partial charge in [-0.05, 0) is 36.8 Å². The Balaban J connectivity index is 1.55. The molecule has 1 amide bonds. The Hall–Kier alpha value is -3.47. The number of amides is 1. The van der Waals surface area contributed by atoms with Gasteiger partial charge in [-0.2, -0.15) is 0 Å². The highest BCUT2D eigenvalue weighted by Gasteiger charge is 2.35. The standard InChI is InChI=1S/C25H22FN3O/c1-17-8-2-6-12-22(17)28-16-19(14-24(28)30)25-27-21-11-5-7-13-23(21)29(25)15-18-9-3-4-10-20(18)26/h2-13,19H,14-16H2,1H3/t19-/m0/s1. The third-order valence-electron chi connectivity index (χ3n) is 5.87. The highest BCUT2D eigenvalue weighted by Crippen LogP contribution is 2.34. The number of rotatable bonds is 4. The van der Waals surface area contributed by atoms with E-state index in [2.05, 4.69) is 4.57 Å². The fourth-order valence-electron chi connectivity index (χ4n) is 4.35. The lowest BCUT2D eigenvalue weighted by atomic mass is 10.1. The van der Waals surface area contributed by atoms with Gasteiger partial charge in [0, 0.05) is 30.1 Å². The molecule has 3 aromatic carbocycles. The van der Waals surface area contributed by atoms with Gasteiger partial charge in [-0.1, -0.05) is 48.5 Å². The molecule has 0 saturated carbocycles. The molecule has 0 bridgehead atoms. The zero-order chi connectivity index (χ0) is 20.7. The Morgan fingerprint density at radius 2 is 1.73 bits per heavy atom. The maximum atomic E-state index is 14.4. The number of hydrogen-bond donors (Lipinski definition) is 0. The summed E-state index contributed by atoms with van der Waals surface area (Å²) in [5, 5.41) is 0. The molecule has 2 heterocycles. The number of imidazole rings is 1. The van der Waals surface area contributed by atoms with Crippen molar-refractivity contribution in [3.8, 4) is 0 Å². The number of nitrogens with zero attached hydrogens (tertiary/aromatic N) is 3. The fourth-order valence-corrected chi connectivity index (χ4v) is 4.35. The van der Waals surface area contributed by atoms with Crippen LogP contribution in [0.2, 0.25) is 0 Å². The summed E-state index contributed by atoms with van der Waals surface area (Å²) in [6.07, 6.45) is 0.398. The normalized spacial score (nSPS) is 16.5. The van der Waals surface area contributed by atoms with Gasteiger partial charge in [0.05, 0.1) is 17.6 Å². The summed E-state index contributed by atoms with van der Waals surface area (Å²) in [6.45, 7) is 2.98. The molecule has 4 nitrogen and oxygen atoms in total. The Bertz CT molecular complexity index is 1250. The number of carbonyl (C=O) groups excluding carboxylic acids is 1. The molecule has 1 aliphatic heterocycles. The summed E-state index contributed by atoms with van der Waals surface area (Å²) in [7, 11) is 0. The molecule has 1 aromatic heterocycles. The minimum Gasteiger partial charge on any atom is -0.323 e. The van der Waals surface area contributed by atoms with Crippen LogP contribution in [0.5, 0.6) is 0 Å². The van der Waals surface area contributed by atoms with E-state index in [9.17, 15) is 9.18 Å². The Morgan fingerprint density at radius 1 is 1.00 bits per heavy atom. The van der Waals surface area contributed by atoms with Crippen molar-refractivity contribution in [3.05, 3.63) is 95.6 Å². The summed E-state index contributed by atoms with van der Waals surface area (Å²) in [5.74, 6) is 0.657. The van der Waals surface area contributed by atoms with Crippen LogP contribution in [0.1, 0.15) is 29.3 Å². The van der Waals surface area contributed by atoms with Crippen molar-refractivity contribution in [3.63, 3.8) is 0 Å². The van der Waals surface area contributed by atoms with E-state index >= 15 is 0 Å². The summed E-state index contributed by atoms with van der Waals surface area (Å²) < 4.78 is 16.4. The van der Waals surface area contributed by atoms with Crippen molar-refractivity contribution in [1.82, 2.24) is 9.55 Å². The molecule has 0 radical (unpaired) electrons. The molecule has 0 N–H and O–H groups in total. The Morgan fingerprint density at radius 3 is 2.57 bits per heavy atom. The van der Waals surface area contributed by atoms with Crippen LogP contribution < -0.4 is 4.90 Å². The fraction of sp³-hybridized carbons (Fsp3) is 0.200. The second-order valence-electron chi connectivity index (χ2n) is 7.83. The van der Waals surface area contributed by atoms with Crippen molar-refractivity contribution in [1.29, 1.82) is 0 Å². The smallest absolute Gasteiger partial charge is 0.227 e. The monoisotopic (exact) mass is 399 g/mol. The topological polar surface area (TPSA) is 38.1 Å². The number of hydrogen-bond acceptors (Lipinski definition) is 2. The van der Waals surface area contributed by atoms with E-state index < -0.39 is 0 Å². The maximum Gasteiger partial charge on any atom is 0.227 e. The van der Waals surface area contributed by atoms with E-state index in [1.807, 2.05) is 66.4 Å². The van der Waals surface area contributed by atoms with Gasteiger partial charge in [0.1, 0.15) is 11.6 Å². The van der Waals surface area contributed by atoms with Gasteiger partial charge in [-0.3, -0.25) is 4.79 Å². The molecule has 4 aromatic rings. The SMILES string of the molecule is Cc1ccccc1N1C[C@@H](c2nc3ccccc3n2Cc2ccccc2F)CC1=O. The molecule has 30 heavy (non-hydrogen) atoms. The van der Waals surface area contributed by atoms with Crippen molar-refractivity contribution in [2.45, 2.75) is 25.8 Å². The molecule has 1 aliphatic rings. The maximum absolute atomic E-state index is 14.4. The van der Waals surface area contributed by atoms with E-state index in [4.69, 9.17) is 4.98 Å². The lowest BCUT2D eigenvalue weighted by molar-refractivity contribution is -0.117. The summed E-state index contributed by atoms with van der Waals surface area (Å²) >= 11 is 0. The van der Waals surface area contributed by atoms with Crippen LogP contribution in [0.15, 0.2) is 72.8 Å². The summed E-state index contributed by atoms with van der Waals surface area (Å²) in [5.41, 5.74) is 4.46. The first-order chi connectivity index (χ1) is 14.6. The number of aromatic nitrogens is 2. The molecular weight excluding hydrogens is 377 g/mol. The van der Waals surface area contributed by atoms with Crippen LogP contribution >= 0.6 is 0 Å². The third kappa shape index (κ3) is 3.16. The molecule has 1 saturated heterocycles. The molecule has 5 rings (SSSR count). The minimum absolute atomic E-state index is 0.0451. The first-order valence-electron chi connectivity index (χ1n) is 10.2. The summed E-state index contributed by atoms with van der Waals surface area (Å²) in [6, 6.07) is 22.6. The second-order valence-corrected chi connectivity index (χ2v) is 7.83. The zero-order valence-corrected chi connectivity index (χ0v) is 16.8. The lowest BCUT2D eigenvalue weighted by Crippen LogP contribution is -2.25. The molecule has 0 unspecified atom stereocenters. The van der Waals surface area contributed by atoms with Crippen LogP contribution in [0, 0.1) is 12.7 Å². The number of halogens is 1. The van der Waals surface area contributed by atoms with Gasteiger partial charge in [-0.15, -0.1) is 0 Å². The van der Waals surface area contributed by atoms with Crippen molar-refractivity contribution >= 4 is 22.6 Å². The quantitative estimate of drug-likeness (QED) is 0.481. The first kappa shape index (κ1) is 18.6. The highest BCUT2D eigenvalue weighted by molar-refractivity contribution is 5.97. The summed E-state index contributed by atoms with van der Waals surface area (Å²) in [4.78, 5) is 19.6. The molecular formula is C25H22FN3O. The predicted molar refractivity (Wildman–Crippen MR) is 116 cm³/mol. The van der Waals surface area contributed by atoms with E-state index in [0.29, 0.717) is 25.1 Å². The van der Waals surface area contributed by atoms with Gasteiger partial charge in [0.25, 0.3) is 0 Å².